The molecule has 0 heterocycles. The fourth-order valence-electron chi connectivity index (χ4n) is 1.35. The van der Waals surface area contributed by atoms with Crippen LogP contribution in [0.3, 0.4) is 0 Å². The zero-order chi connectivity index (χ0) is 7.99. The largest absolute Gasteiger partial charge is 0.390 e. The van der Waals surface area contributed by atoms with E-state index in [9.17, 15) is 10.2 Å². The van der Waals surface area contributed by atoms with Crippen molar-refractivity contribution < 1.29 is 10.2 Å². The van der Waals surface area contributed by atoms with E-state index in [2.05, 4.69) is 0 Å². The van der Waals surface area contributed by atoms with Crippen LogP contribution in [0.25, 0.3) is 0 Å². The fraction of sp³-hybridized carbons (Fsp3) is 1.00. The van der Waals surface area contributed by atoms with E-state index in [4.69, 9.17) is 5.73 Å². The molecule has 0 aliphatic heterocycles. The first-order valence-corrected chi connectivity index (χ1v) is 3.57. The number of nitrogens with two attached hydrogens (primary N) is 1. The van der Waals surface area contributed by atoms with Crippen molar-refractivity contribution in [3.8, 4) is 0 Å². The lowest BCUT2D eigenvalue weighted by Gasteiger charge is -2.34. The second-order valence-electron chi connectivity index (χ2n) is 3.62. The maximum atomic E-state index is 9.62. The van der Waals surface area contributed by atoms with Gasteiger partial charge in [0, 0.05) is 5.54 Å². The van der Waals surface area contributed by atoms with Gasteiger partial charge in [0.2, 0.25) is 0 Å². The standard InChI is InChI=1S/C7H15NO2/c1-6(8)4-3-5(9)7(6,2)10/h5,9-10H,3-4,8H2,1-2H3. The summed E-state index contributed by atoms with van der Waals surface area (Å²) in [5.74, 6) is 0. The molecule has 3 heteroatoms. The van der Waals surface area contributed by atoms with Gasteiger partial charge in [-0.2, -0.15) is 0 Å². The molecule has 0 aromatic rings. The van der Waals surface area contributed by atoms with E-state index < -0.39 is 17.2 Å². The van der Waals surface area contributed by atoms with E-state index in [-0.39, 0.29) is 0 Å². The van der Waals surface area contributed by atoms with Gasteiger partial charge in [-0.25, -0.2) is 0 Å². The van der Waals surface area contributed by atoms with Gasteiger partial charge >= 0.3 is 0 Å². The molecule has 0 aromatic carbocycles. The summed E-state index contributed by atoms with van der Waals surface area (Å²) in [5, 5.41) is 18.9. The van der Waals surface area contributed by atoms with Crippen molar-refractivity contribution in [2.45, 2.75) is 43.9 Å². The average molecular weight is 145 g/mol. The van der Waals surface area contributed by atoms with Gasteiger partial charge < -0.3 is 15.9 Å². The van der Waals surface area contributed by atoms with Crippen LogP contribution in [0.2, 0.25) is 0 Å². The zero-order valence-electron chi connectivity index (χ0n) is 6.46. The maximum Gasteiger partial charge on any atom is 0.105 e. The minimum atomic E-state index is -1.12. The number of aliphatic hydroxyl groups is 2. The topological polar surface area (TPSA) is 66.5 Å². The monoisotopic (exact) mass is 145 g/mol. The third kappa shape index (κ3) is 0.856. The van der Waals surface area contributed by atoms with Gasteiger partial charge in [0.05, 0.1) is 6.10 Å². The van der Waals surface area contributed by atoms with Crippen molar-refractivity contribution >= 4 is 0 Å². The van der Waals surface area contributed by atoms with Crippen molar-refractivity contribution in [2.24, 2.45) is 5.73 Å². The van der Waals surface area contributed by atoms with Crippen LogP contribution in [0.1, 0.15) is 26.7 Å². The predicted octanol–water partition coefficient (Wildman–Crippen LogP) is -0.390. The Morgan fingerprint density at radius 1 is 1.50 bits per heavy atom. The first-order valence-electron chi connectivity index (χ1n) is 3.57. The second-order valence-corrected chi connectivity index (χ2v) is 3.62. The van der Waals surface area contributed by atoms with Crippen LogP contribution in [0.4, 0.5) is 0 Å². The molecule has 3 nitrogen and oxygen atoms in total. The normalized spacial score (nSPS) is 55.5. The highest BCUT2D eigenvalue weighted by molar-refractivity contribution is 5.07. The Morgan fingerprint density at radius 2 is 2.00 bits per heavy atom. The molecule has 0 aromatic heterocycles. The summed E-state index contributed by atoms with van der Waals surface area (Å²) in [5.41, 5.74) is 3.99. The van der Waals surface area contributed by atoms with Crippen LogP contribution in [0.15, 0.2) is 0 Å². The molecular weight excluding hydrogens is 130 g/mol. The highest BCUT2D eigenvalue weighted by Gasteiger charge is 2.50. The van der Waals surface area contributed by atoms with Crippen LogP contribution in [-0.2, 0) is 0 Å². The SMILES string of the molecule is CC1(N)CCC(O)C1(C)O. The average Bonchev–Trinajstić information content (AvgIpc) is 1.94. The molecule has 3 unspecified atom stereocenters. The quantitative estimate of drug-likeness (QED) is 0.435. The third-order valence-electron chi connectivity index (χ3n) is 2.74. The molecular formula is C7H15NO2. The molecule has 0 amide bonds. The van der Waals surface area contributed by atoms with E-state index in [1.807, 2.05) is 0 Å². The molecule has 60 valence electrons. The fourth-order valence-corrected chi connectivity index (χ4v) is 1.35. The molecule has 0 spiro atoms. The summed E-state index contributed by atoms with van der Waals surface area (Å²) in [6.45, 7) is 3.36. The smallest absolute Gasteiger partial charge is 0.105 e. The zero-order valence-corrected chi connectivity index (χ0v) is 6.46. The Kier molecular flexibility index (Phi) is 1.54. The molecule has 1 aliphatic rings. The molecule has 10 heavy (non-hydrogen) atoms. The summed E-state index contributed by atoms with van der Waals surface area (Å²) in [6, 6.07) is 0. The minimum Gasteiger partial charge on any atom is -0.390 e. The second kappa shape index (κ2) is 1.94. The van der Waals surface area contributed by atoms with Crippen molar-refractivity contribution in [3.63, 3.8) is 0 Å². The lowest BCUT2D eigenvalue weighted by molar-refractivity contribution is -0.0716. The third-order valence-corrected chi connectivity index (χ3v) is 2.74. The van der Waals surface area contributed by atoms with Crippen LogP contribution < -0.4 is 5.73 Å². The first kappa shape index (κ1) is 7.98. The Morgan fingerprint density at radius 3 is 2.10 bits per heavy atom. The number of rotatable bonds is 0. The lowest BCUT2D eigenvalue weighted by atomic mass is 9.86. The summed E-state index contributed by atoms with van der Waals surface area (Å²) < 4.78 is 0. The lowest BCUT2D eigenvalue weighted by Crippen LogP contribution is -2.57. The van der Waals surface area contributed by atoms with E-state index in [0.717, 1.165) is 0 Å². The van der Waals surface area contributed by atoms with E-state index >= 15 is 0 Å². The predicted molar refractivity (Wildman–Crippen MR) is 38.5 cm³/mol. The number of hydrogen-bond acceptors (Lipinski definition) is 3. The highest BCUT2D eigenvalue weighted by Crippen LogP contribution is 2.36. The Labute approximate surface area is 60.9 Å². The molecule has 1 aliphatic carbocycles. The summed E-state index contributed by atoms with van der Waals surface area (Å²) in [7, 11) is 0. The maximum absolute atomic E-state index is 9.62. The van der Waals surface area contributed by atoms with Gasteiger partial charge in [-0.1, -0.05) is 0 Å². The van der Waals surface area contributed by atoms with E-state index in [1.165, 1.54) is 0 Å². The summed E-state index contributed by atoms with van der Waals surface area (Å²) in [4.78, 5) is 0. The van der Waals surface area contributed by atoms with Crippen LogP contribution in [0, 0.1) is 0 Å². The van der Waals surface area contributed by atoms with Gasteiger partial charge in [0.25, 0.3) is 0 Å². The minimum absolute atomic E-state index is 0.597. The van der Waals surface area contributed by atoms with Crippen LogP contribution in [-0.4, -0.2) is 27.5 Å². The van der Waals surface area contributed by atoms with Crippen molar-refractivity contribution in [2.75, 3.05) is 0 Å². The number of hydrogen-bond donors (Lipinski definition) is 3. The van der Waals surface area contributed by atoms with Gasteiger partial charge in [-0.05, 0) is 26.7 Å². The van der Waals surface area contributed by atoms with Crippen LogP contribution >= 0.6 is 0 Å². The summed E-state index contributed by atoms with van der Waals surface area (Å²) >= 11 is 0. The molecule has 0 saturated heterocycles. The van der Waals surface area contributed by atoms with Crippen molar-refractivity contribution in [3.05, 3.63) is 0 Å². The Hall–Kier alpha value is -0.120. The van der Waals surface area contributed by atoms with Gasteiger partial charge in [-0.15, -0.1) is 0 Å². The summed E-state index contributed by atoms with van der Waals surface area (Å²) in [6.07, 6.45) is 0.615. The molecule has 0 bridgehead atoms. The van der Waals surface area contributed by atoms with E-state index in [0.29, 0.717) is 12.8 Å². The molecule has 1 saturated carbocycles. The van der Waals surface area contributed by atoms with Crippen LogP contribution in [0.5, 0.6) is 0 Å². The van der Waals surface area contributed by atoms with Gasteiger partial charge in [0.15, 0.2) is 0 Å². The highest BCUT2D eigenvalue weighted by atomic mass is 16.3. The molecule has 0 radical (unpaired) electrons. The van der Waals surface area contributed by atoms with Gasteiger partial charge in [-0.3, -0.25) is 0 Å². The molecule has 1 rings (SSSR count). The Bertz CT molecular complexity index is 143. The molecule has 1 fully saturated rings. The van der Waals surface area contributed by atoms with Crippen molar-refractivity contribution in [1.29, 1.82) is 0 Å². The van der Waals surface area contributed by atoms with E-state index in [1.54, 1.807) is 13.8 Å². The number of aliphatic hydroxyl groups excluding tert-OH is 1. The first-order chi connectivity index (χ1) is 4.38. The van der Waals surface area contributed by atoms with Crippen molar-refractivity contribution in [1.82, 2.24) is 0 Å². The molecule has 4 N–H and O–H groups in total. The Balaban J connectivity index is 2.84. The molecule has 3 atom stereocenters. The van der Waals surface area contributed by atoms with Gasteiger partial charge in [0.1, 0.15) is 5.60 Å².